The van der Waals surface area contributed by atoms with Crippen molar-refractivity contribution in [3.05, 3.63) is 22.4 Å². The highest BCUT2D eigenvalue weighted by Gasteiger charge is 2.51. The SMILES string of the molecule is C[C@H](NC(=O)c1cccs1)C(=O)NC1[C@@H]2CCCC[C@@H]12. The topological polar surface area (TPSA) is 58.2 Å². The van der Waals surface area contributed by atoms with Crippen LogP contribution in [0.15, 0.2) is 17.5 Å². The first-order valence-electron chi connectivity index (χ1n) is 7.31. The van der Waals surface area contributed by atoms with Gasteiger partial charge in [0.25, 0.3) is 5.91 Å². The van der Waals surface area contributed by atoms with E-state index in [1.807, 2.05) is 11.4 Å². The summed E-state index contributed by atoms with van der Waals surface area (Å²) in [6.07, 6.45) is 5.06. The summed E-state index contributed by atoms with van der Waals surface area (Å²) in [6, 6.07) is 3.47. The lowest BCUT2D eigenvalue weighted by Crippen LogP contribution is -2.45. The van der Waals surface area contributed by atoms with Crippen LogP contribution in [0.3, 0.4) is 0 Å². The minimum atomic E-state index is -0.479. The first-order chi connectivity index (χ1) is 9.66. The first kappa shape index (κ1) is 13.6. The maximum absolute atomic E-state index is 12.1. The summed E-state index contributed by atoms with van der Waals surface area (Å²) in [5, 5.41) is 7.71. The number of fused-ring (bicyclic) bond motifs is 1. The number of carbonyl (C=O) groups excluding carboxylic acids is 2. The van der Waals surface area contributed by atoms with Crippen molar-refractivity contribution in [2.45, 2.75) is 44.7 Å². The fourth-order valence-corrected chi connectivity index (χ4v) is 3.86. The minimum absolute atomic E-state index is 0.0608. The van der Waals surface area contributed by atoms with Crippen LogP contribution in [0.5, 0.6) is 0 Å². The average molecular weight is 292 g/mol. The van der Waals surface area contributed by atoms with E-state index in [9.17, 15) is 9.59 Å². The second-order valence-electron chi connectivity index (χ2n) is 5.82. The van der Waals surface area contributed by atoms with E-state index in [0.717, 1.165) is 0 Å². The van der Waals surface area contributed by atoms with Gasteiger partial charge >= 0.3 is 0 Å². The van der Waals surface area contributed by atoms with Gasteiger partial charge in [0.05, 0.1) is 4.88 Å². The molecule has 20 heavy (non-hydrogen) atoms. The van der Waals surface area contributed by atoms with Crippen molar-refractivity contribution in [2.24, 2.45) is 11.8 Å². The Labute approximate surface area is 122 Å². The van der Waals surface area contributed by atoms with Gasteiger partial charge in [0.2, 0.25) is 5.91 Å². The predicted molar refractivity (Wildman–Crippen MR) is 78.6 cm³/mol. The molecule has 2 amide bonds. The van der Waals surface area contributed by atoms with Crippen molar-refractivity contribution < 1.29 is 9.59 Å². The molecule has 1 aromatic rings. The molecule has 0 radical (unpaired) electrons. The normalized spacial score (nSPS) is 29.1. The zero-order valence-corrected chi connectivity index (χ0v) is 12.4. The molecule has 2 aliphatic rings. The smallest absolute Gasteiger partial charge is 0.261 e. The summed E-state index contributed by atoms with van der Waals surface area (Å²) in [5.74, 6) is 1.14. The van der Waals surface area contributed by atoms with Gasteiger partial charge in [0.15, 0.2) is 0 Å². The third-order valence-electron chi connectivity index (χ3n) is 4.45. The van der Waals surface area contributed by atoms with Crippen LogP contribution >= 0.6 is 11.3 Å². The number of nitrogens with one attached hydrogen (secondary N) is 2. The van der Waals surface area contributed by atoms with E-state index in [1.165, 1.54) is 37.0 Å². The van der Waals surface area contributed by atoms with E-state index in [4.69, 9.17) is 0 Å². The van der Waals surface area contributed by atoms with Crippen molar-refractivity contribution in [3.8, 4) is 0 Å². The van der Waals surface area contributed by atoms with Gasteiger partial charge in [0.1, 0.15) is 6.04 Å². The lowest BCUT2D eigenvalue weighted by molar-refractivity contribution is -0.122. The summed E-state index contributed by atoms with van der Waals surface area (Å²) in [5.41, 5.74) is 0. The van der Waals surface area contributed by atoms with E-state index < -0.39 is 6.04 Å². The van der Waals surface area contributed by atoms with Gasteiger partial charge in [-0.2, -0.15) is 0 Å². The molecule has 0 aliphatic heterocycles. The Hall–Kier alpha value is -1.36. The lowest BCUT2D eigenvalue weighted by Gasteiger charge is -2.13. The molecule has 0 unspecified atom stereocenters. The number of rotatable bonds is 4. The van der Waals surface area contributed by atoms with Gasteiger partial charge in [-0.1, -0.05) is 18.9 Å². The maximum Gasteiger partial charge on any atom is 0.261 e. The van der Waals surface area contributed by atoms with E-state index in [-0.39, 0.29) is 11.8 Å². The lowest BCUT2D eigenvalue weighted by atomic mass is 10.0. The Morgan fingerprint density at radius 3 is 2.60 bits per heavy atom. The van der Waals surface area contributed by atoms with Crippen LogP contribution in [0.4, 0.5) is 0 Å². The van der Waals surface area contributed by atoms with E-state index in [1.54, 1.807) is 13.0 Å². The number of hydrogen-bond acceptors (Lipinski definition) is 3. The van der Waals surface area contributed by atoms with Crippen molar-refractivity contribution in [1.82, 2.24) is 10.6 Å². The van der Waals surface area contributed by atoms with Crippen LogP contribution in [0.25, 0.3) is 0 Å². The van der Waals surface area contributed by atoms with Crippen LogP contribution in [0.1, 0.15) is 42.3 Å². The molecule has 0 saturated heterocycles. The fourth-order valence-electron chi connectivity index (χ4n) is 3.24. The Balaban J connectivity index is 1.49. The molecule has 2 saturated carbocycles. The zero-order valence-electron chi connectivity index (χ0n) is 11.6. The number of hydrogen-bond donors (Lipinski definition) is 2. The molecule has 4 nitrogen and oxygen atoms in total. The monoisotopic (exact) mass is 292 g/mol. The molecule has 3 atom stereocenters. The molecular weight excluding hydrogens is 272 g/mol. The van der Waals surface area contributed by atoms with Crippen LogP contribution in [0, 0.1) is 11.8 Å². The number of thiophene rings is 1. The van der Waals surface area contributed by atoms with E-state index >= 15 is 0 Å². The summed E-state index contributed by atoms with van der Waals surface area (Å²) in [6.45, 7) is 1.74. The summed E-state index contributed by atoms with van der Waals surface area (Å²) < 4.78 is 0. The molecule has 2 aliphatic carbocycles. The Morgan fingerprint density at radius 1 is 1.30 bits per heavy atom. The van der Waals surface area contributed by atoms with Gasteiger partial charge < -0.3 is 10.6 Å². The average Bonchev–Trinajstić information content (AvgIpc) is 2.90. The third kappa shape index (κ3) is 2.73. The predicted octanol–water partition coefficient (Wildman–Crippen LogP) is 2.17. The molecule has 0 aromatic carbocycles. The molecule has 3 rings (SSSR count). The highest BCUT2D eigenvalue weighted by molar-refractivity contribution is 7.12. The van der Waals surface area contributed by atoms with Gasteiger partial charge in [-0.15, -0.1) is 11.3 Å². The minimum Gasteiger partial charge on any atom is -0.351 e. The van der Waals surface area contributed by atoms with Gasteiger partial charge in [-0.05, 0) is 43.0 Å². The third-order valence-corrected chi connectivity index (χ3v) is 5.32. The molecule has 2 fully saturated rings. The van der Waals surface area contributed by atoms with E-state index in [2.05, 4.69) is 10.6 Å². The maximum atomic E-state index is 12.1. The highest BCUT2D eigenvalue weighted by Crippen LogP contribution is 2.49. The Bertz CT molecular complexity index is 488. The summed E-state index contributed by atoms with van der Waals surface area (Å²) in [4.78, 5) is 24.7. The molecular formula is C15H20N2O2S. The summed E-state index contributed by atoms with van der Waals surface area (Å²) >= 11 is 1.38. The van der Waals surface area contributed by atoms with Crippen molar-refractivity contribution >= 4 is 23.2 Å². The van der Waals surface area contributed by atoms with Crippen molar-refractivity contribution in [1.29, 1.82) is 0 Å². The van der Waals surface area contributed by atoms with Gasteiger partial charge in [0, 0.05) is 6.04 Å². The molecule has 0 bridgehead atoms. The van der Waals surface area contributed by atoms with Gasteiger partial charge in [-0.3, -0.25) is 9.59 Å². The highest BCUT2D eigenvalue weighted by atomic mass is 32.1. The van der Waals surface area contributed by atoms with Crippen molar-refractivity contribution in [2.75, 3.05) is 0 Å². The molecule has 0 spiro atoms. The standard InChI is InChI=1S/C15H20N2O2S/c1-9(16-15(19)12-7-4-8-20-12)14(18)17-13-10-5-2-3-6-11(10)13/h4,7-11,13H,2-3,5-6H2,1H3,(H,16,19)(H,17,18)/t9-,10+,11+/m0/s1. The fraction of sp³-hybridized carbons (Fsp3) is 0.600. The zero-order chi connectivity index (χ0) is 14.1. The second-order valence-corrected chi connectivity index (χ2v) is 6.77. The molecule has 108 valence electrons. The molecule has 2 N–H and O–H groups in total. The van der Waals surface area contributed by atoms with Crippen LogP contribution in [-0.2, 0) is 4.79 Å². The quantitative estimate of drug-likeness (QED) is 0.893. The molecule has 5 heteroatoms. The van der Waals surface area contributed by atoms with Crippen LogP contribution in [0.2, 0.25) is 0 Å². The number of carbonyl (C=O) groups is 2. The molecule has 1 heterocycles. The second kappa shape index (κ2) is 5.56. The Morgan fingerprint density at radius 2 is 2.00 bits per heavy atom. The van der Waals surface area contributed by atoms with Crippen molar-refractivity contribution in [3.63, 3.8) is 0 Å². The first-order valence-corrected chi connectivity index (χ1v) is 8.19. The van der Waals surface area contributed by atoms with Crippen LogP contribution in [-0.4, -0.2) is 23.9 Å². The molecule has 1 aromatic heterocycles. The van der Waals surface area contributed by atoms with E-state index in [0.29, 0.717) is 22.8 Å². The largest absolute Gasteiger partial charge is 0.351 e. The Kier molecular flexibility index (Phi) is 3.78. The number of amides is 2. The van der Waals surface area contributed by atoms with Crippen LogP contribution < -0.4 is 10.6 Å². The summed E-state index contributed by atoms with van der Waals surface area (Å²) in [7, 11) is 0. The van der Waals surface area contributed by atoms with Gasteiger partial charge in [-0.25, -0.2) is 0 Å².